The lowest BCUT2D eigenvalue weighted by Gasteiger charge is -2.26. The smallest absolute Gasteiger partial charge is 0.251 e. The molecule has 0 unspecified atom stereocenters. The number of nitrogens with zero attached hydrogens (tertiary/aromatic N) is 2. The van der Waals surface area contributed by atoms with E-state index in [9.17, 15) is 4.79 Å². The van der Waals surface area contributed by atoms with Crippen LogP contribution in [0.2, 0.25) is 0 Å². The van der Waals surface area contributed by atoms with Gasteiger partial charge < -0.3 is 10.1 Å². The first-order valence-corrected chi connectivity index (χ1v) is 9.62. The highest BCUT2D eigenvalue weighted by molar-refractivity contribution is 5.94. The summed E-state index contributed by atoms with van der Waals surface area (Å²) in [7, 11) is 0. The van der Waals surface area contributed by atoms with Crippen molar-refractivity contribution in [1.82, 2.24) is 15.1 Å². The van der Waals surface area contributed by atoms with E-state index in [1.807, 2.05) is 12.1 Å². The van der Waals surface area contributed by atoms with Gasteiger partial charge >= 0.3 is 0 Å². The van der Waals surface area contributed by atoms with Gasteiger partial charge in [0.1, 0.15) is 0 Å². The molecule has 0 saturated carbocycles. The van der Waals surface area contributed by atoms with Crippen LogP contribution in [0.4, 0.5) is 0 Å². The maximum absolute atomic E-state index is 12.3. The van der Waals surface area contributed by atoms with Crippen LogP contribution in [0.25, 0.3) is 0 Å². The van der Waals surface area contributed by atoms with Gasteiger partial charge in [0.25, 0.3) is 5.91 Å². The van der Waals surface area contributed by atoms with Crippen molar-refractivity contribution in [2.45, 2.75) is 33.2 Å². The fraction of sp³-hybridized carbons (Fsp3) is 0.650. The van der Waals surface area contributed by atoms with Crippen molar-refractivity contribution in [3.05, 3.63) is 35.4 Å². The van der Waals surface area contributed by atoms with Gasteiger partial charge in [0.05, 0.1) is 13.2 Å². The highest BCUT2D eigenvalue weighted by Gasteiger charge is 2.11. The molecule has 1 N–H and O–H groups in total. The minimum Gasteiger partial charge on any atom is -0.379 e. The zero-order chi connectivity index (χ0) is 17.9. The van der Waals surface area contributed by atoms with Gasteiger partial charge in [-0.2, -0.15) is 0 Å². The molecule has 0 aliphatic carbocycles. The number of benzene rings is 1. The molecular formula is C20H33N3O2. The van der Waals surface area contributed by atoms with Crippen LogP contribution < -0.4 is 5.32 Å². The second-order valence-electron chi connectivity index (χ2n) is 6.68. The molecule has 5 nitrogen and oxygen atoms in total. The van der Waals surface area contributed by atoms with Gasteiger partial charge in [-0.05, 0) is 43.6 Å². The lowest BCUT2D eigenvalue weighted by atomic mass is 10.1. The van der Waals surface area contributed by atoms with E-state index in [0.717, 1.165) is 58.0 Å². The van der Waals surface area contributed by atoms with E-state index in [0.29, 0.717) is 6.54 Å². The van der Waals surface area contributed by atoms with E-state index >= 15 is 0 Å². The predicted octanol–water partition coefficient (Wildman–Crippen LogP) is 2.37. The Morgan fingerprint density at radius 1 is 1.12 bits per heavy atom. The second-order valence-corrected chi connectivity index (χ2v) is 6.68. The van der Waals surface area contributed by atoms with Crippen molar-refractivity contribution in [3.8, 4) is 0 Å². The Kier molecular flexibility index (Phi) is 8.94. The standard InChI is InChI=1S/C20H33N3O2/c1-3-10-23(11-4-2)17-18-5-7-19(8-6-18)20(24)21-9-12-22-13-15-25-16-14-22/h5-8H,3-4,9-17H2,1-2H3,(H,21,24). The third-order valence-electron chi connectivity index (χ3n) is 4.52. The molecule has 1 amide bonds. The Hall–Kier alpha value is -1.43. The first kappa shape index (κ1) is 19.9. The molecule has 1 aromatic rings. The summed E-state index contributed by atoms with van der Waals surface area (Å²) in [5.74, 6) is 0.0128. The number of morpholine rings is 1. The van der Waals surface area contributed by atoms with Crippen LogP contribution in [0.5, 0.6) is 0 Å². The van der Waals surface area contributed by atoms with Crippen molar-refractivity contribution in [2.24, 2.45) is 0 Å². The van der Waals surface area contributed by atoms with Gasteiger partial charge in [0.2, 0.25) is 0 Å². The summed E-state index contributed by atoms with van der Waals surface area (Å²) >= 11 is 0. The number of ether oxygens (including phenoxy) is 1. The summed E-state index contributed by atoms with van der Waals surface area (Å²) in [4.78, 5) is 17.1. The maximum atomic E-state index is 12.3. The number of nitrogens with one attached hydrogen (secondary N) is 1. The van der Waals surface area contributed by atoms with Crippen LogP contribution >= 0.6 is 0 Å². The topological polar surface area (TPSA) is 44.8 Å². The fourth-order valence-corrected chi connectivity index (χ4v) is 3.18. The van der Waals surface area contributed by atoms with Crippen LogP contribution in [-0.4, -0.2) is 68.2 Å². The summed E-state index contributed by atoms with van der Waals surface area (Å²) in [5, 5.41) is 3.02. The predicted molar refractivity (Wildman–Crippen MR) is 102 cm³/mol. The van der Waals surface area contributed by atoms with Crippen LogP contribution in [0.3, 0.4) is 0 Å². The SMILES string of the molecule is CCCN(CCC)Cc1ccc(C(=O)NCCN2CCOCC2)cc1. The van der Waals surface area contributed by atoms with Crippen LogP contribution in [0, 0.1) is 0 Å². The third-order valence-corrected chi connectivity index (χ3v) is 4.52. The number of carbonyl (C=O) groups is 1. The zero-order valence-corrected chi connectivity index (χ0v) is 15.8. The number of rotatable bonds is 10. The minimum absolute atomic E-state index is 0.0128. The third kappa shape index (κ3) is 7.14. The van der Waals surface area contributed by atoms with Crippen LogP contribution in [-0.2, 0) is 11.3 Å². The lowest BCUT2D eigenvalue weighted by Crippen LogP contribution is -2.41. The quantitative estimate of drug-likeness (QED) is 0.706. The van der Waals surface area contributed by atoms with E-state index in [4.69, 9.17) is 4.74 Å². The van der Waals surface area contributed by atoms with Crippen LogP contribution in [0.15, 0.2) is 24.3 Å². The molecule has 1 heterocycles. The molecule has 0 aromatic heterocycles. The molecule has 1 fully saturated rings. The van der Waals surface area contributed by atoms with Crippen LogP contribution in [0.1, 0.15) is 42.6 Å². The summed E-state index contributed by atoms with van der Waals surface area (Å²) in [6, 6.07) is 8.04. The van der Waals surface area contributed by atoms with E-state index < -0.39 is 0 Å². The molecule has 140 valence electrons. The average Bonchev–Trinajstić information content (AvgIpc) is 2.63. The molecule has 5 heteroatoms. The van der Waals surface area contributed by atoms with Crippen molar-refractivity contribution in [1.29, 1.82) is 0 Å². The van der Waals surface area contributed by atoms with Gasteiger partial charge in [-0.25, -0.2) is 0 Å². The van der Waals surface area contributed by atoms with Crippen molar-refractivity contribution in [2.75, 3.05) is 52.5 Å². The van der Waals surface area contributed by atoms with Crippen molar-refractivity contribution in [3.63, 3.8) is 0 Å². The monoisotopic (exact) mass is 347 g/mol. The molecule has 1 aromatic carbocycles. The maximum Gasteiger partial charge on any atom is 0.251 e. The van der Waals surface area contributed by atoms with E-state index in [1.54, 1.807) is 0 Å². The Bertz CT molecular complexity index is 492. The fourth-order valence-electron chi connectivity index (χ4n) is 3.18. The van der Waals surface area contributed by atoms with Crippen molar-refractivity contribution < 1.29 is 9.53 Å². The molecule has 0 bridgehead atoms. The first-order chi connectivity index (χ1) is 12.2. The second kappa shape index (κ2) is 11.2. The van der Waals surface area contributed by atoms with Gasteiger partial charge in [0.15, 0.2) is 0 Å². The Morgan fingerprint density at radius 3 is 2.36 bits per heavy atom. The van der Waals surface area contributed by atoms with Gasteiger partial charge in [-0.3, -0.25) is 14.6 Å². The first-order valence-electron chi connectivity index (χ1n) is 9.62. The van der Waals surface area contributed by atoms with E-state index in [2.05, 4.69) is 41.1 Å². The summed E-state index contributed by atoms with van der Waals surface area (Å²) < 4.78 is 5.33. The molecular weight excluding hydrogens is 314 g/mol. The van der Waals surface area contributed by atoms with Crippen molar-refractivity contribution >= 4 is 5.91 Å². The largest absolute Gasteiger partial charge is 0.379 e. The Balaban J connectivity index is 1.76. The molecule has 2 rings (SSSR count). The molecule has 1 aliphatic heterocycles. The normalized spacial score (nSPS) is 15.5. The molecule has 0 atom stereocenters. The zero-order valence-electron chi connectivity index (χ0n) is 15.8. The molecule has 25 heavy (non-hydrogen) atoms. The molecule has 0 radical (unpaired) electrons. The summed E-state index contributed by atoms with van der Waals surface area (Å²) in [5.41, 5.74) is 2.01. The Labute approximate surface area is 152 Å². The lowest BCUT2D eigenvalue weighted by molar-refractivity contribution is 0.0383. The minimum atomic E-state index is 0.0128. The summed E-state index contributed by atoms with van der Waals surface area (Å²) in [6.45, 7) is 12.7. The van der Waals surface area contributed by atoms with E-state index in [1.165, 1.54) is 18.4 Å². The van der Waals surface area contributed by atoms with Gasteiger partial charge in [-0.15, -0.1) is 0 Å². The number of hydrogen-bond acceptors (Lipinski definition) is 4. The van der Waals surface area contributed by atoms with Gasteiger partial charge in [0, 0.05) is 38.3 Å². The molecule has 1 saturated heterocycles. The van der Waals surface area contributed by atoms with E-state index in [-0.39, 0.29) is 5.91 Å². The Morgan fingerprint density at radius 2 is 1.76 bits per heavy atom. The summed E-state index contributed by atoms with van der Waals surface area (Å²) in [6.07, 6.45) is 2.34. The number of hydrogen-bond donors (Lipinski definition) is 1. The highest BCUT2D eigenvalue weighted by Crippen LogP contribution is 2.09. The molecule has 0 spiro atoms. The average molecular weight is 348 g/mol. The number of amides is 1. The highest BCUT2D eigenvalue weighted by atomic mass is 16.5. The van der Waals surface area contributed by atoms with Gasteiger partial charge in [-0.1, -0.05) is 26.0 Å². The number of carbonyl (C=O) groups excluding carboxylic acids is 1. The molecule has 1 aliphatic rings.